The molecule has 0 saturated carbocycles. The molecule has 90 valence electrons. The van der Waals surface area contributed by atoms with E-state index in [4.69, 9.17) is 0 Å². The van der Waals surface area contributed by atoms with Crippen molar-refractivity contribution in [2.24, 2.45) is 0 Å². The van der Waals surface area contributed by atoms with Crippen LogP contribution in [0.15, 0.2) is 29.1 Å². The molecule has 0 bridgehead atoms. The van der Waals surface area contributed by atoms with E-state index in [0.717, 1.165) is 11.3 Å². The number of thiazole rings is 1. The SMILES string of the molecule is Cc1cc(F)cc(NC(CO)c2cscn2)c1. The van der Waals surface area contributed by atoms with E-state index < -0.39 is 0 Å². The first-order valence-corrected chi connectivity index (χ1v) is 6.16. The van der Waals surface area contributed by atoms with Crippen LogP contribution in [-0.2, 0) is 0 Å². The lowest BCUT2D eigenvalue weighted by Gasteiger charge is -2.16. The molecule has 0 aliphatic carbocycles. The van der Waals surface area contributed by atoms with E-state index in [9.17, 15) is 9.50 Å². The van der Waals surface area contributed by atoms with Crippen molar-refractivity contribution in [3.05, 3.63) is 46.2 Å². The molecule has 0 amide bonds. The van der Waals surface area contributed by atoms with E-state index in [1.165, 1.54) is 23.5 Å². The summed E-state index contributed by atoms with van der Waals surface area (Å²) in [4.78, 5) is 4.13. The van der Waals surface area contributed by atoms with Gasteiger partial charge in [0.05, 0.1) is 23.9 Å². The Balaban J connectivity index is 2.18. The van der Waals surface area contributed by atoms with E-state index in [1.807, 2.05) is 18.4 Å². The first-order valence-electron chi connectivity index (χ1n) is 5.21. The molecule has 1 unspecified atom stereocenters. The number of aryl methyl sites for hydroxylation is 1. The van der Waals surface area contributed by atoms with Crippen molar-refractivity contribution < 1.29 is 9.50 Å². The molecule has 0 saturated heterocycles. The van der Waals surface area contributed by atoms with Crippen LogP contribution in [0, 0.1) is 12.7 Å². The number of aromatic nitrogens is 1. The molecule has 0 aliphatic heterocycles. The Bertz CT molecular complexity index is 467. The normalized spacial score (nSPS) is 12.4. The van der Waals surface area contributed by atoms with Crippen LogP contribution in [-0.4, -0.2) is 16.7 Å². The van der Waals surface area contributed by atoms with Crippen molar-refractivity contribution >= 4 is 17.0 Å². The Hall–Kier alpha value is -1.46. The van der Waals surface area contributed by atoms with Gasteiger partial charge in [-0.2, -0.15) is 0 Å². The predicted molar refractivity (Wildman–Crippen MR) is 66.7 cm³/mol. The van der Waals surface area contributed by atoms with Crippen molar-refractivity contribution in [3.63, 3.8) is 0 Å². The molecule has 0 spiro atoms. The predicted octanol–water partition coefficient (Wildman–Crippen LogP) is 2.74. The van der Waals surface area contributed by atoms with E-state index in [2.05, 4.69) is 10.3 Å². The summed E-state index contributed by atoms with van der Waals surface area (Å²) in [5.74, 6) is -0.289. The van der Waals surface area contributed by atoms with Gasteiger partial charge in [0.1, 0.15) is 5.82 Å². The van der Waals surface area contributed by atoms with Crippen molar-refractivity contribution in [3.8, 4) is 0 Å². The fourth-order valence-corrected chi connectivity index (χ4v) is 2.24. The Morgan fingerprint density at radius 1 is 1.47 bits per heavy atom. The minimum atomic E-state index is -0.303. The molecule has 2 N–H and O–H groups in total. The lowest BCUT2D eigenvalue weighted by Crippen LogP contribution is -2.15. The van der Waals surface area contributed by atoms with Gasteiger partial charge in [-0.25, -0.2) is 9.37 Å². The quantitative estimate of drug-likeness (QED) is 0.879. The van der Waals surface area contributed by atoms with Gasteiger partial charge in [-0.15, -0.1) is 11.3 Å². The molecular formula is C12H13FN2OS. The van der Waals surface area contributed by atoms with Crippen LogP contribution < -0.4 is 5.32 Å². The van der Waals surface area contributed by atoms with E-state index >= 15 is 0 Å². The van der Waals surface area contributed by atoms with Crippen molar-refractivity contribution in [1.29, 1.82) is 0 Å². The van der Waals surface area contributed by atoms with Gasteiger partial charge in [0.25, 0.3) is 0 Å². The molecule has 1 aromatic heterocycles. The molecule has 5 heteroatoms. The second kappa shape index (κ2) is 5.25. The summed E-state index contributed by atoms with van der Waals surface area (Å²) in [6.07, 6.45) is 0. The second-order valence-corrected chi connectivity index (χ2v) is 4.53. The summed E-state index contributed by atoms with van der Waals surface area (Å²) in [6, 6.07) is 4.39. The monoisotopic (exact) mass is 252 g/mol. The van der Waals surface area contributed by atoms with Crippen LogP contribution in [0.2, 0.25) is 0 Å². The molecule has 3 nitrogen and oxygen atoms in total. The summed E-state index contributed by atoms with van der Waals surface area (Å²) < 4.78 is 13.2. The molecule has 1 aromatic carbocycles. The minimum absolute atomic E-state index is 0.0840. The van der Waals surface area contributed by atoms with Gasteiger partial charge in [0, 0.05) is 11.1 Å². The fraction of sp³-hybridized carbons (Fsp3) is 0.250. The molecule has 2 aromatic rings. The number of anilines is 1. The number of benzene rings is 1. The lowest BCUT2D eigenvalue weighted by atomic mass is 10.2. The van der Waals surface area contributed by atoms with Gasteiger partial charge in [-0.05, 0) is 30.7 Å². The number of aliphatic hydroxyl groups is 1. The van der Waals surface area contributed by atoms with Gasteiger partial charge < -0.3 is 10.4 Å². The van der Waals surface area contributed by atoms with Gasteiger partial charge in [-0.3, -0.25) is 0 Å². The third-order valence-electron chi connectivity index (χ3n) is 2.37. The summed E-state index contributed by atoms with van der Waals surface area (Å²) in [5.41, 5.74) is 3.95. The summed E-state index contributed by atoms with van der Waals surface area (Å²) in [7, 11) is 0. The lowest BCUT2D eigenvalue weighted by molar-refractivity contribution is 0.274. The molecule has 2 rings (SSSR count). The second-order valence-electron chi connectivity index (χ2n) is 3.81. The van der Waals surface area contributed by atoms with E-state index in [-0.39, 0.29) is 18.5 Å². The van der Waals surface area contributed by atoms with E-state index in [1.54, 1.807) is 5.51 Å². The maximum absolute atomic E-state index is 13.2. The average molecular weight is 252 g/mol. The highest BCUT2D eigenvalue weighted by Gasteiger charge is 2.12. The van der Waals surface area contributed by atoms with Crippen LogP contribution in [0.3, 0.4) is 0 Å². The van der Waals surface area contributed by atoms with Crippen molar-refractivity contribution in [2.75, 3.05) is 11.9 Å². The zero-order chi connectivity index (χ0) is 12.3. The molecule has 1 atom stereocenters. The highest BCUT2D eigenvalue weighted by atomic mass is 32.1. The molecular weight excluding hydrogens is 239 g/mol. The zero-order valence-electron chi connectivity index (χ0n) is 9.35. The van der Waals surface area contributed by atoms with Crippen LogP contribution in [0.1, 0.15) is 17.3 Å². The number of aliphatic hydroxyl groups excluding tert-OH is 1. The Morgan fingerprint density at radius 2 is 2.29 bits per heavy atom. The maximum atomic E-state index is 13.2. The Morgan fingerprint density at radius 3 is 2.88 bits per heavy atom. The summed E-state index contributed by atoms with van der Waals surface area (Å²) in [6.45, 7) is 1.74. The third-order valence-corrected chi connectivity index (χ3v) is 2.98. The van der Waals surface area contributed by atoms with Crippen molar-refractivity contribution in [2.45, 2.75) is 13.0 Å². The van der Waals surface area contributed by atoms with Crippen LogP contribution in [0.5, 0.6) is 0 Å². The van der Waals surface area contributed by atoms with Gasteiger partial charge in [0.2, 0.25) is 0 Å². The number of hydrogen-bond acceptors (Lipinski definition) is 4. The smallest absolute Gasteiger partial charge is 0.125 e. The first-order chi connectivity index (χ1) is 8.19. The highest BCUT2D eigenvalue weighted by molar-refractivity contribution is 7.07. The Labute approximate surface area is 103 Å². The van der Waals surface area contributed by atoms with Gasteiger partial charge in [-0.1, -0.05) is 0 Å². The van der Waals surface area contributed by atoms with Crippen LogP contribution >= 0.6 is 11.3 Å². The molecule has 1 heterocycles. The standard InChI is InChI=1S/C12H13FN2OS/c1-8-2-9(13)4-10(3-8)15-11(5-16)12-6-17-7-14-12/h2-4,6-7,11,15-16H,5H2,1H3. The zero-order valence-corrected chi connectivity index (χ0v) is 10.2. The summed E-state index contributed by atoms with van der Waals surface area (Å²) in [5, 5.41) is 14.2. The fourth-order valence-electron chi connectivity index (χ4n) is 1.63. The average Bonchev–Trinajstić information content (AvgIpc) is 2.77. The molecule has 17 heavy (non-hydrogen) atoms. The van der Waals surface area contributed by atoms with Gasteiger partial charge in [0.15, 0.2) is 0 Å². The maximum Gasteiger partial charge on any atom is 0.125 e. The van der Waals surface area contributed by atoms with E-state index in [0.29, 0.717) is 5.69 Å². The number of nitrogens with zero attached hydrogens (tertiary/aromatic N) is 1. The molecule has 0 radical (unpaired) electrons. The van der Waals surface area contributed by atoms with Crippen LogP contribution in [0.4, 0.5) is 10.1 Å². The largest absolute Gasteiger partial charge is 0.394 e. The topological polar surface area (TPSA) is 45.1 Å². The minimum Gasteiger partial charge on any atom is -0.394 e. The van der Waals surface area contributed by atoms with Gasteiger partial charge >= 0.3 is 0 Å². The number of rotatable bonds is 4. The summed E-state index contributed by atoms with van der Waals surface area (Å²) >= 11 is 1.46. The number of hydrogen-bond donors (Lipinski definition) is 2. The molecule has 0 aliphatic rings. The number of halogens is 1. The Kier molecular flexibility index (Phi) is 3.71. The highest BCUT2D eigenvalue weighted by Crippen LogP contribution is 2.21. The third kappa shape index (κ3) is 3.01. The first kappa shape index (κ1) is 12.0. The van der Waals surface area contributed by atoms with Crippen LogP contribution in [0.25, 0.3) is 0 Å². The van der Waals surface area contributed by atoms with Crippen molar-refractivity contribution in [1.82, 2.24) is 4.98 Å². The molecule has 0 fully saturated rings. The number of nitrogens with one attached hydrogen (secondary N) is 1.